The number of sulfonamides is 1. The van der Waals surface area contributed by atoms with Crippen LogP contribution in [0.3, 0.4) is 0 Å². The molecule has 2 fully saturated rings. The Balaban J connectivity index is 1.44. The van der Waals surface area contributed by atoms with Crippen molar-refractivity contribution in [3.8, 4) is 0 Å². The van der Waals surface area contributed by atoms with E-state index in [-0.39, 0.29) is 18.8 Å². The second-order valence-electron chi connectivity index (χ2n) is 7.65. The van der Waals surface area contributed by atoms with Crippen molar-refractivity contribution >= 4 is 20.8 Å². The molecule has 1 saturated carbocycles. The molecular weight excluding hydrogens is 370 g/mol. The van der Waals surface area contributed by atoms with Crippen molar-refractivity contribution in [2.24, 2.45) is 5.92 Å². The van der Waals surface area contributed by atoms with Gasteiger partial charge in [0.05, 0.1) is 4.90 Å². The third-order valence-corrected chi connectivity index (χ3v) is 7.68. The molecule has 146 valence electrons. The van der Waals surface area contributed by atoms with Crippen LogP contribution in [0.25, 0.3) is 10.8 Å². The summed E-state index contributed by atoms with van der Waals surface area (Å²) >= 11 is 0. The zero-order chi connectivity index (χ0) is 19.1. The molecule has 0 N–H and O–H groups in total. The number of rotatable bonds is 4. The molecular formula is C20H24F2N2O2S. The Morgan fingerprint density at radius 1 is 1.00 bits per heavy atom. The molecule has 0 radical (unpaired) electrons. The van der Waals surface area contributed by atoms with Gasteiger partial charge in [0, 0.05) is 51.0 Å². The van der Waals surface area contributed by atoms with Gasteiger partial charge in [-0.3, -0.25) is 0 Å². The summed E-state index contributed by atoms with van der Waals surface area (Å²) in [7, 11) is -3.57. The fourth-order valence-corrected chi connectivity index (χ4v) is 5.91. The summed E-state index contributed by atoms with van der Waals surface area (Å²) in [4.78, 5) is 2.46. The third-order valence-electron chi connectivity index (χ3n) is 5.72. The molecule has 0 spiro atoms. The average molecular weight is 394 g/mol. The molecule has 7 heteroatoms. The number of nitrogens with zero attached hydrogens (tertiary/aromatic N) is 2. The lowest BCUT2D eigenvalue weighted by Crippen LogP contribution is -2.49. The van der Waals surface area contributed by atoms with Gasteiger partial charge in [-0.1, -0.05) is 36.4 Å². The highest BCUT2D eigenvalue weighted by Gasteiger charge is 2.40. The first-order valence-corrected chi connectivity index (χ1v) is 10.9. The molecule has 1 saturated heterocycles. The van der Waals surface area contributed by atoms with E-state index in [0.717, 1.165) is 10.8 Å². The summed E-state index contributed by atoms with van der Waals surface area (Å²) < 4.78 is 54.6. The van der Waals surface area contributed by atoms with Gasteiger partial charge in [0.15, 0.2) is 0 Å². The van der Waals surface area contributed by atoms with Crippen molar-refractivity contribution in [1.29, 1.82) is 0 Å². The topological polar surface area (TPSA) is 40.6 Å². The molecule has 0 amide bonds. The normalized spacial score (nSPS) is 24.4. The zero-order valence-electron chi connectivity index (χ0n) is 15.2. The van der Waals surface area contributed by atoms with Crippen LogP contribution < -0.4 is 0 Å². The minimum atomic E-state index is -3.57. The summed E-state index contributed by atoms with van der Waals surface area (Å²) in [6, 6.07) is 12.8. The van der Waals surface area contributed by atoms with Crippen molar-refractivity contribution in [2.75, 3.05) is 32.7 Å². The Labute approximate surface area is 158 Å². The van der Waals surface area contributed by atoms with Crippen LogP contribution in [0.1, 0.15) is 19.3 Å². The van der Waals surface area contributed by atoms with Gasteiger partial charge < -0.3 is 4.90 Å². The van der Waals surface area contributed by atoms with E-state index in [0.29, 0.717) is 44.0 Å². The predicted octanol–water partition coefficient (Wildman–Crippen LogP) is 3.58. The molecule has 4 nitrogen and oxygen atoms in total. The molecule has 4 rings (SSSR count). The van der Waals surface area contributed by atoms with Crippen molar-refractivity contribution in [1.82, 2.24) is 9.21 Å². The lowest BCUT2D eigenvalue weighted by atomic mass is 10.1. The van der Waals surface area contributed by atoms with Gasteiger partial charge in [0.25, 0.3) is 0 Å². The molecule has 0 bridgehead atoms. The smallest absolute Gasteiger partial charge is 0.248 e. The second kappa shape index (κ2) is 7.11. The molecule has 2 aromatic rings. The first-order chi connectivity index (χ1) is 12.9. The molecule has 1 heterocycles. The number of fused-ring (bicyclic) bond motifs is 1. The van der Waals surface area contributed by atoms with Gasteiger partial charge in [-0.05, 0) is 23.8 Å². The average Bonchev–Trinajstić information content (AvgIpc) is 3.00. The quantitative estimate of drug-likeness (QED) is 0.796. The first-order valence-electron chi connectivity index (χ1n) is 9.43. The van der Waals surface area contributed by atoms with Gasteiger partial charge in [-0.2, -0.15) is 4.31 Å². The van der Waals surface area contributed by atoms with Crippen LogP contribution in [-0.2, 0) is 10.0 Å². The number of piperazine rings is 1. The summed E-state index contributed by atoms with van der Waals surface area (Å²) in [5, 5.41) is 1.63. The van der Waals surface area contributed by atoms with Gasteiger partial charge in [0.1, 0.15) is 0 Å². The molecule has 1 aliphatic carbocycles. The van der Waals surface area contributed by atoms with Crippen LogP contribution in [0, 0.1) is 5.92 Å². The van der Waals surface area contributed by atoms with E-state index in [1.165, 1.54) is 4.31 Å². The predicted molar refractivity (Wildman–Crippen MR) is 101 cm³/mol. The van der Waals surface area contributed by atoms with Gasteiger partial charge >= 0.3 is 0 Å². The van der Waals surface area contributed by atoms with Gasteiger partial charge in [-0.15, -0.1) is 0 Å². The van der Waals surface area contributed by atoms with Crippen LogP contribution >= 0.6 is 0 Å². The molecule has 27 heavy (non-hydrogen) atoms. The van der Waals surface area contributed by atoms with E-state index < -0.39 is 15.9 Å². The van der Waals surface area contributed by atoms with Crippen LogP contribution in [0.5, 0.6) is 0 Å². The Morgan fingerprint density at radius 3 is 2.41 bits per heavy atom. The summed E-state index contributed by atoms with van der Waals surface area (Å²) in [5.74, 6) is -2.51. The van der Waals surface area contributed by atoms with E-state index in [2.05, 4.69) is 4.90 Å². The van der Waals surface area contributed by atoms with Gasteiger partial charge in [0.2, 0.25) is 15.9 Å². The molecule has 1 atom stereocenters. The van der Waals surface area contributed by atoms with Crippen LogP contribution in [0.4, 0.5) is 8.78 Å². The number of alkyl halides is 2. The number of halogens is 2. The van der Waals surface area contributed by atoms with Crippen molar-refractivity contribution < 1.29 is 17.2 Å². The fourth-order valence-electron chi connectivity index (χ4n) is 4.27. The maximum Gasteiger partial charge on any atom is 0.248 e. The van der Waals surface area contributed by atoms with E-state index in [9.17, 15) is 17.2 Å². The molecule has 2 aromatic carbocycles. The first kappa shape index (κ1) is 18.8. The number of hydrogen-bond acceptors (Lipinski definition) is 3. The molecule has 2 aliphatic rings. The van der Waals surface area contributed by atoms with Crippen LogP contribution in [-0.4, -0.2) is 56.3 Å². The van der Waals surface area contributed by atoms with Crippen molar-refractivity contribution in [3.63, 3.8) is 0 Å². The third kappa shape index (κ3) is 3.86. The van der Waals surface area contributed by atoms with Crippen molar-refractivity contribution in [2.45, 2.75) is 30.1 Å². The molecule has 0 aromatic heterocycles. The van der Waals surface area contributed by atoms with Crippen molar-refractivity contribution in [3.05, 3.63) is 42.5 Å². The Morgan fingerprint density at radius 2 is 1.70 bits per heavy atom. The minimum Gasteiger partial charge on any atom is -0.300 e. The van der Waals surface area contributed by atoms with E-state index in [4.69, 9.17) is 0 Å². The van der Waals surface area contributed by atoms with E-state index in [1.54, 1.807) is 12.1 Å². The largest absolute Gasteiger partial charge is 0.300 e. The highest BCUT2D eigenvalue weighted by molar-refractivity contribution is 7.89. The summed E-state index contributed by atoms with van der Waals surface area (Å²) in [5.41, 5.74) is 0. The Hall–Kier alpha value is -1.57. The van der Waals surface area contributed by atoms with E-state index >= 15 is 0 Å². The lowest BCUT2D eigenvalue weighted by Gasteiger charge is -2.35. The SMILES string of the molecule is O=S(=O)(c1cccc2ccccc12)N1CCN(CC2CCC(F)(F)C2)CC1. The Kier molecular flexibility index (Phi) is 4.94. The molecule has 1 aliphatic heterocycles. The highest BCUT2D eigenvalue weighted by Crippen LogP contribution is 2.39. The maximum atomic E-state index is 13.4. The van der Waals surface area contributed by atoms with Crippen LogP contribution in [0.15, 0.2) is 47.4 Å². The Bertz CT molecular complexity index is 919. The maximum absolute atomic E-state index is 13.4. The highest BCUT2D eigenvalue weighted by atomic mass is 32.2. The second-order valence-corrected chi connectivity index (χ2v) is 9.55. The fraction of sp³-hybridized carbons (Fsp3) is 0.500. The lowest BCUT2D eigenvalue weighted by molar-refractivity contribution is 0.00300. The minimum absolute atomic E-state index is 0.0150. The molecule has 1 unspecified atom stereocenters. The van der Waals surface area contributed by atoms with Gasteiger partial charge in [-0.25, -0.2) is 17.2 Å². The monoisotopic (exact) mass is 394 g/mol. The van der Waals surface area contributed by atoms with E-state index in [1.807, 2.05) is 30.3 Å². The standard InChI is InChI=1S/C20H24F2N2O2S/c21-20(22)9-8-16(14-20)15-23-10-12-24(13-11-23)27(25,26)19-7-3-5-17-4-1-2-6-18(17)19/h1-7,16H,8-15H2. The number of benzene rings is 2. The number of hydrogen-bond donors (Lipinski definition) is 0. The van der Waals surface area contributed by atoms with Crippen LogP contribution in [0.2, 0.25) is 0 Å². The summed E-state index contributed by atoms with van der Waals surface area (Å²) in [6.45, 7) is 2.61. The zero-order valence-corrected chi connectivity index (χ0v) is 16.0. The summed E-state index contributed by atoms with van der Waals surface area (Å²) in [6.07, 6.45) is 0.496.